The maximum absolute atomic E-state index is 13.2. The van der Waals surface area contributed by atoms with Crippen LogP contribution in [0.2, 0.25) is 0 Å². The van der Waals surface area contributed by atoms with Gasteiger partial charge in [0.05, 0.1) is 0 Å². The number of carbonyl (C=O) groups excluding carboxylic acids is 3. The van der Waals surface area contributed by atoms with Crippen molar-refractivity contribution in [1.82, 2.24) is 10.6 Å². The van der Waals surface area contributed by atoms with Gasteiger partial charge in [-0.2, -0.15) is 0 Å². The Kier molecular flexibility index (Phi) is 8.99. The number of rotatable bonds is 10. The normalized spacial score (nSPS) is 18.7. The van der Waals surface area contributed by atoms with Crippen LogP contribution < -0.4 is 21.7 Å². The van der Waals surface area contributed by atoms with E-state index in [1.807, 2.05) is 54.6 Å². The molecule has 0 bridgehead atoms. The first-order chi connectivity index (χ1) is 18.0. The number of halogens is 1. The molecular weight excluding hydrogens is 504 g/mol. The number of nitrogens with one attached hydrogen (secondary N) is 3. The second-order valence-electron chi connectivity index (χ2n) is 9.72. The first kappa shape index (κ1) is 27.6. The summed E-state index contributed by atoms with van der Waals surface area (Å²) in [7, 11) is 0. The standard InChI is InChI=1S/C29H32N4O4.ClH/c30-15-6-5-13-24(27(34)32-23-14-7-11-18-8-3-4-12-22(18)23)33-29(36)26-25(37-26)28(35)31-21-16-19-9-1-2-10-20(19)17-21;/h1-4,7-12,14,21,24-26H,5-6,13,15-17,30H2,(H,31,35)(H,32,34)(H,33,36);1H/t24-,25?,26?;/m0./s1. The Morgan fingerprint density at radius 1 is 0.868 bits per heavy atom. The van der Waals surface area contributed by atoms with Crippen molar-refractivity contribution in [2.45, 2.75) is 56.4 Å². The predicted molar refractivity (Wildman–Crippen MR) is 149 cm³/mol. The molecule has 5 rings (SSSR count). The van der Waals surface area contributed by atoms with E-state index in [2.05, 4.69) is 28.1 Å². The third-order valence-electron chi connectivity index (χ3n) is 7.03. The number of hydrogen-bond donors (Lipinski definition) is 4. The maximum Gasteiger partial charge on any atom is 0.253 e. The van der Waals surface area contributed by atoms with Crippen molar-refractivity contribution < 1.29 is 19.1 Å². The van der Waals surface area contributed by atoms with Crippen LogP contribution in [0, 0.1) is 0 Å². The molecule has 8 nitrogen and oxygen atoms in total. The van der Waals surface area contributed by atoms with Crippen LogP contribution in [0.3, 0.4) is 0 Å². The quantitative estimate of drug-likeness (QED) is 0.234. The highest BCUT2D eigenvalue weighted by Crippen LogP contribution is 2.27. The summed E-state index contributed by atoms with van der Waals surface area (Å²) in [5, 5.41) is 10.7. The van der Waals surface area contributed by atoms with Gasteiger partial charge in [0.15, 0.2) is 12.2 Å². The second kappa shape index (κ2) is 12.4. The van der Waals surface area contributed by atoms with E-state index in [0.717, 1.165) is 30.0 Å². The number of carbonyl (C=O) groups is 3. The molecule has 1 aliphatic heterocycles. The molecule has 0 saturated carbocycles. The van der Waals surface area contributed by atoms with Crippen LogP contribution in [-0.2, 0) is 32.0 Å². The van der Waals surface area contributed by atoms with Crippen molar-refractivity contribution in [2.24, 2.45) is 5.73 Å². The minimum atomic E-state index is -0.897. The summed E-state index contributed by atoms with van der Waals surface area (Å²) in [6, 6.07) is 20.8. The molecule has 3 amide bonds. The molecule has 0 spiro atoms. The van der Waals surface area contributed by atoms with Gasteiger partial charge >= 0.3 is 0 Å². The zero-order valence-corrected chi connectivity index (χ0v) is 21.8. The van der Waals surface area contributed by atoms with Crippen LogP contribution in [0.4, 0.5) is 5.69 Å². The summed E-state index contributed by atoms with van der Waals surface area (Å²) >= 11 is 0. The van der Waals surface area contributed by atoms with Gasteiger partial charge in [0.25, 0.3) is 11.8 Å². The molecule has 38 heavy (non-hydrogen) atoms. The Morgan fingerprint density at radius 3 is 2.26 bits per heavy atom. The minimum Gasteiger partial charge on any atom is -0.350 e. The molecule has 2 aliphatic rings. The first-order valence-corrected chi connectivity index (χ1v) is 12.8. The summed E-state index contributed by atoms with van der Waals surface area (Å²) in [6.45, 7) is 0.505. The van der Waals surface area contributed by atoms with Gasteiger partial charge in [0.2, 0.25) is 5.91 Å². The fourth-order valence-corrected chi connectivity index (χ4v) is 5.03. The summed E-state index contributed by atoms with van der Waals surface area (Å²) < 4.78 is 5.43. The number of amides is 3. The Hall–Kier alpha value is -3.46. The van der Waals surface area contributed by atoms with Crippen molar-refractivity contribution in [3.8, 4) is 0 Å². The predicted octanol–water partition coefficient (Wildman–Crippen LogP) is 2.86. The van der Waals surface area contributed by atoms with Crippen LogP contribution in [0.15, 0.2) is 66.7 Å². The van der Waals surface area contributed by atoms with Crippen molar-refractivity contribution >= 4 is 46.6 Å². The third kappa shape index (κ3) is 6.32. The number of fused-ring (bicyclic) bond motifs is 2. The maximum atomic E-state index is 13.2. The SMILES string of the molecule is Cl.NCCCC[C@H](NC(=O)C1OC1C(=O)NC1Cc2ccccc2C1)C(=O)Nc1cccc2ccccc12. The molecule has 1 fully saturated rings. The van der Waals surface area contributed by atoms with Crippen LogP contribution in [0.1, 0.15) is 30.4 Å². The molecule has 9 heteroatoms. The molecule has 1 heterocycles. The first-order valence-electron chi connectivity index (χ1n) is 12.8. The number of anilines is 1. The van der Waals surface area contributed by atoms with Gasteiger partial charge in [0.1, 0.15) is 6.04 Å². The van der Waals surface area contributed by atoms with Crippen molar-refractivity contribution in [3.63, 3.8) is 0 Å². The lowest BCUT2D eigenvalue weighted by atomic mass is 10.1. The smallest absolute Gasteiger partial charge is 0.253 e. The van der Waals surface area contributed by atoms with Crippen LogP contribution in [0.25, 0.3) is 10.8 Å². The molecule has 1 saturated heterocycles. The van der Waals surface area contributed by atoms with E-state index in [1.54, 1.807) is 0 Å². The van der Waals surface area contributed by atoms with E-state index < -0.39 is 24.2 Å². The van der Waals surface area contributed by atoms with Gasteiger partial charge in [-0.05, 0) is 61.2 Å². The molecule has 3 atom stereocenters. The number of epoxide rings is 1. The molecule has 0 aromatic heterocycles. The average molecular weight is 537 g/mol. The third-order valence-corrected chi connectivity index (χ3v) is 7.03. The highest BCUT2D eigenvalue weighted by atomic mass is 35.5. The number of ether oxygens (including phenoxy) is 1. The Labute approximate surface area is 228 Å². The molecule has 3 aromatic rings. The lowest BCUT2D eigenvalue weighted by Crippen LogP contribution is -2.47. The molecule has 2 unspecified atom stereocenters. The van der Waals surface area contributed by atoms with Gasteiger partial charge in [-0.25, -0.2) is 0 Å². The van der Waals surface area contributed by atoms with Gasteiger partial charge in [-0.3, -0.25) is 14.4 Å². The second-order valence-corrected chi connectivity index (χ2v) is 9.72. The molecule has 200 valence electrons. The van der Waals surface area contributed by atoms with E-state index in [1.165, 1.54) is 11.1 Å². The van der Waals surface area contributed by atoms with Gasteiger partial charge in [-0.15, -0.1) is 12.4 Å². The lowest BCUT2D eigenvalue weighted by molar-refractivity contribution is -0.127. The Balaban J connectivity index is 0.00000336. The van der Waals surface area contributed by atoms with E-state index >= 15 is 0 Å². The zero-order chi connectivity index (χ0) is 25.8. The molecule has 1 aliphatic carbocycles. The summed E-state index contributed by atoms with van der Waals surface area (Å²) in [5.74, 6) is -1.06. The average Bonchev–Trinajstić information content (AvgIpc) is 3.61. The Morgan fingerprint density at radius 2 is 1.53 bits per heavy atom. The molecule has 5 N–H and O–H groups in total. The highest BCUT2D eigenvalue weighted by molar-refractivity contribution is 6.05. The van der Waals surface area contributed by atoms with E-state index in [9.17, 15) is 14.4 Å². The summed E-state index contributed by atoms with van der Waals surface area (Å²) in [6.07, 6.45) is 1.65. The number of nitrogens with two attached hydrogens (primary N) is 1. The fourth-order valence-electron chi connectivity index (χ4n) is 5.03. The van der Waals surface area contributed by atoms with Crippen molar-refractivity contribution in [1.29, 1.82) is 0 Å². The fraction of sp³-hybridized carbons (Fsp3) is 0.345. The summed E-state index contributed by atoms with van der Waals surface area (Å²) in [4.78, 5) is 38.8. The number of unbranched alkanes of at least 4 members (excludes halogenated alkanes) is 1. The van der Waals surface area contributed by atoms with Crippen molar-refractivity contribution in [2.75, 3.05) is 11.9 Å². The molecule has 3 aromatic carbocycles. The van der Waals surface area contributed by atoms with E-state index in [0.29, 0.717) is 25.1 Å². The van der Waals surface area contributed by atoms with E-state index in [4.69, 9.17) is 10.5 Å². The Bertz CT molecular complexity index is 1290. The van der Waals surface area contributed by atoms with Gasteiger partial charge in [-0.1, -0.05) is 60.7 Å². The van der Waals surface area contributed by atoms with Crippen molar-refractivity contribution in [3.05, 3.63) is 77.9 Å². The monoisotopic (exact) mass is 536 g/mol. The molecular formula is C29H33ClN4O4. The van der Waals surface area contributed by atoms with Gasteiger partial charge < -0.3 is 26.4 Å². The summed E-state index contributed by atoms with van der Waals surface area (Å²) in [5.41, 5.74) is 8.78. The van der Waals surface area contributed by atoms with Crippen LogP contribution in [-0.4, -0.2) is 48.6 Å². The van der Waals surface area contributed by atoms with E-state index in [-0.39, 0.29) is 30.3 Å². The zero-order valence-electron chi connectivity index (χ0n) is 21.0. The number of hydrogen-bond acceptors (Lipinski definition) is 5. The largest absolute Gasteiger partial charge is 0.350 e. The number of benzene rings is 3. The molecule has 0 radical (unpaired) electrons. The topological polar surface area (TPSA) is 126 Å². The lowest BCUT2D eigenvalue weighted by Gasteiger charge is -2.19. The minimum absolute atomic E-state index is 0. The highest BCUT2D eigenvalue weighted by Gasteiger charge is 2.51. The van der Waals surface area contributed by atoms with Gasteiger partial charge in [0, 0.05) is 17.1 Å². The van der Waals surface area contributed by atoms with Crippen LogP contribution in [0.5, 0.6) is 0 Å². The van der Waals surface area contributed by atoms with Crippen LogP contribution >= 0.6 is 12.4 Å².